The monoisotopic (exact) mass is 314 g/mol. The largest absolute Gasteiger partial charge is 0.417 e. The first-order chi connectivity index (χ1) is 10.2. The minimum Gasteiger partial charge on any atom is -0.331 e. The molecule has 0 saturated heterocycles. The van der Waals surface area contributed by atoms with E-state index in [9.17, 15) is 28.1 Å². The second kappa shape index (κ2) is 4.69. The van der Waals surface area contributed by atoms with Gasteiger partial charge in [-0.05, 0) is 31.2 Å². The Bertz CT molecular complexity index is 668. The molecule has 0 aromatic heterocycles. The lowest BCUT2D eigenvalue weighted by molar-refractivity contribution is -0.385. The average Bonchev–Trinajstić information content (AvgIpc) is 3.21. The molecule has 0 N–H and O–H groups in total. The lowest BCUT2D eigenvalue weighted by atomic mass is 10.0. The van der Waals surface area contributed by atoms with Crippen molar-refractivity contribution in [2.75, 3.05) is 0 Å². The van der Waals surface area contributed by atoms with E-state index >= 15 is 0 Å². The molecule has 0 spiro atoms. The fraction of sp³-hybridized carbons (Fsp3) is 0.500. The van der Waals surface area contributed by atoms with Crippen LogP contribution < -0.4 is 0 Å². The molecular formula is C14H13F3N2O3. The quantitative estimate of drug-likeness (QED) is 0.635. The standard InChI is InChI=1S/C14H13F3N2O3/c1-7(8-2-3-8)18-6-9-4-10(19(21)22)5-11(14(15,16)17)12(9)13(18)20/h4-5,7-8H,2-3,6H2,1H3/t7-/m0/s1. The summed E-state index contributed by atoms with van der Waals surface area (Å²) in [7, 11) is 0. The molecular weight excluding hydrogens is 301 g/mol. The Morgan fingerprint density at radius 2 is 2.00 bits per heavy atom. The number of carbonyl (C=O) groups is 1. The van der Waals surface area contributed by atoms with Crippen molar-refractivity contribution in [3.8, 4) is 0 Å². The molecule has 0 radical (unpaired) electrons. The number of hydrogen-bond donors (Lipinski definition) is 0. The zero-order valence-corrected chi connectivity index (χ0v) is 11.7. The van der Waals surface area contributed by atoms with Gasteiger partial charge in [0.2, 0.25) is 0 Å². The Balaban J connectivity index is 2.09. The maximum Gasteiger partial charge on any atom is 0.417 e. The van der Waals surface area contributed by atoms with E-state index in [-0.39, 0.29) is 18.2 Å². The number of halogens is 3. The molecule has 3 rings (SSSR count). The third kappa shape index (κ3) is 2.32. The number of nitro groups is 1. The molecule has 1 aromatic rings. The molecule has 1 saturated carbocycles. The molecule has 5 nitrogen and oxygen atoms in total. The van der Waals surface area contributed by atoms with Crippen molar-refractivity contribution in [3.63, 3.8) is 0 Å². The van der Waals surface area contributed by atoms with E-state index in [1.165, 1.54) is 4.90 Å². The van der Waals surface area contributed by atoms with Crippen LogP contribution in [0.1, 0.15) is 41.3 Å². The maximum absolute atomic E-state index is 13.2. The Hall–Kier alpha value is -2.12. The van der Waals surface area contributed by atoms with Gasteiger partial charge in [0.15, 0.2) is 0 Å². The summed E-state index contributed by atoms with van der Waals surface area (Å²) in [5.74, 6) is -0.376. The Morgan fingerprint density at radius 1 is 1.36 bits per heavy atom. The molecule has 1 heterocycles. The third-order valence-corrected chi connectivity index (χ3v) is 4.33. The highest BCUT2D eigenvalue weighted by Gasteiger charge is 2.45. The van der Waals surface area contributed by atoms with Crippen molar-refractivity contribution < 1.29 is 22.9 Å². The first kappa shape index (κ1) is 14.8. The summed E-state index contributed by atoms with van der Waals surface area (Å²) in [5, 5.41) is 10.8. The van der Waals surface area contributed by atoms with Crippen LogP contribution in [0.3, 0.4) is 0 Å². The molecule has 0 unspecified atom stereocenters. The molecule has 1 aliphatic heterocycles. The highest BCUT2D eigenvalue weighted by Crippen LogP contribution is 2.43. The minimum absolute atomic E-state index is 0.00338. The predicted molar refractivity (Wildman–Crippen MR) is 70.2 cm³/mol. The van der Waals surface area contributed by atoms with Crippen LogP contribution in [0.4, 0.5) is 18.9 Å². The number of hydrogen-bond acceptors (Lipinski definition) is 3. The molecule has 2 aliphatic rings. The van der Waals surface area contributed by atoms with E-state index in [2.05, 4.69) is 0 Å². The molecule has 22 heavy (non-hydrogen) atoms. The highest BCUT2D eigenvalue weighted by atomic mass is 19.4. The van der Waals surface area contributed by atoms with Gasteiger partial charge < -0.3 is 4.90 Å². The van der Waals surface area contributed by atoms with Crippen molar-refractivity contribution in [3.05, 3.63) is 38.9 Å². The number of carbonyl (C=O) groups excluding carboxylic acids is 1. The summed E-state index contributed by atoms with van der Waals surface area (Å²) in [6.45, 7) is 1.81. The zero-order valence-electron chi connectivity index (χ0n) is 11.7. The van der Waals surface area contributed by atoms with E-state index in [0.29, 0.717) is 12.0 Å². The summed E-state index contributed by atoms with van der Waals surface area (Å²) < 4.78 is 39.5. The van der Waals surface area contributed by atoms with Crippen molar-refractivity contribution >= 4 is 11.6 Å². The smallest absolute Gasteiger partial charge is 0.331 e. The lowest BCUT2D eigenvalue weighted by Crippen LogP contribution is -2.35. The van der Waals surface area contributed by atoms with Gasteiger partial charge in [0.1, 0.15) is 0 Å². The van der Waals surface area contributed by atoms with Gasteiger partial charge in [-0.1, -0.05) is 0 Å². The normalized spacial score (nSPS) is 19.3. The van der Waals surface area contributed by atoms with E-state index < -0.39 is 33.8 Å². The van der Waals surface area contributed by atoms with Crippen molar-refractivity contribution in [1.82, 2.24) is 4.90 Å². The van der Waals surface area contributed by atoms with Gasteiger partial charge in [-0.15, -0.1) is 0 Å². The van der Waals surface area contributed by atoms with Gasteiger partial charge >= 0.3 is 6.18 Å². The number of fused-ring (bicyclic) bond motifs is 1. The number of non-ortho nitro benzene ring substituents is 1. The van der Waals surface area contributed by atoms with Gasteiger partial charge in [-0.2, -0.15) is 13.2 Å². The van der Waals surface area contributed by atoms with Crippen LogP contribution in [0.2, 0.25) is 0 Å². The molecule has 1 aromatic carbocycles. The topological polar surface area (TPSA) is 63.4 Å². The number of benzene rings is 1. The van der Waals surface area contributed by atoms with Gasteiger partial charge in [0.05, 0.1) is 16.1 Å². The highest BCUT2D eigenvalue weighted by molar-refractivity contribution is 6.00. The van der Waals surface area contributed by atoms with Gasteiger partial charge in [0.25, 0.3) is 11.6 Å². The SMILES string of the molecule is C[C@@H](C1CC1)N1Cc2cc([N+](=O)[O-])cc(C(F)(F)F)c2C1=O. The van der Waals surface area contributed by atoms with E-state index in [1.807, 2.05) is 6.92 Å². The summed E-state index contributed by atoms with van der Waals surface area (Å²) in [5.41, 5.74) is -2.21. The summed E-state index contributed by atoms with van der Waals surface area (Å²) in [4.78, 5) is 23.7. The molecule has 1 aliphatic carbocycles. The van der Waals surface area contributed by atoms with Crippen molar-refractivity contribution in [2.45, 2.75) is 38.5 Å². The Morgan fingerprint density at radius 3 is 2.50 bits per heavy atom. The van der Waals surface area contributed by atoms with Gasteiger partial charge in [-0.3, -0.25) is 14.9 Å². The minimum atomic E-state index is -4.80. The Labute approximate surface area is 123 Å². The van der Waals surface area contributed by atoms with Crippen LogP contribution >= 0.6 is 0 Å². The Kier molecular flexibility index (Phi) is 3.15. The lowest BCUT2D eigenvalue weighted by Gasteiger charge is -2.24. The van der Waals surface area contributed by atoms with Crippen LogP contribution in [0.5, 0.6) is 0 Å². The molecule has 0 bridgehead atoms. The second-order valence-electron chi connectivity index (χ2n) is 5.79. The van der Waals surface area contributed by atoms with Crippen LogP contribution in [0, 0.1) is 16.0 Å². The van der Waals surface area contributed by atoms with E-state index in [0.717, 1.165) is 18.9 Å². The van der Waals surface area contributed by atoms with Crippen molar-refractivity contribution in [2.24, 2.45) is 5.92 Å². The number of nitrogens with zero attached hydrogens (tertiary/aromatic N) is 2. The van der Waals surface area contributed by atoms with Crippen LogP contribution in [0.15, 0.2) is 12.1 Å². The first-order valence-electron chi connectivity index (χ1n) is 6.89. The number of rotatable bonds is 3. The first-order valence-corrected chi connectivity index (χ1v) is 6.89. The van der Waals surface area contributed by atoms with E-state index in [4.69, 9.17) is 0 Å². The second-order valence-corrected chi connectivity index (χ2v) is 5.79. The van der Waals surface area contributed by atoms with Gasteiger partial charge in [-0.25, -0.2) is 0 Å². The predicted octanol–water partition coefficient (Wildman–Crippen LogP) is 3.37. The molecule has 1 fully saturated rings. The number of alkyl halides is 3. The zero-order chi connectivity index (χ0) is 16.2. The van der Waals surface area contributed by atoms with Crippen LogP contribution in [-0.2, 0) is 12.7 Å². The van der Waals surface area contributed by atoms with Gasteiger partial charge in [0, 0.05) is 24.7 Å². The summed E-state index contributed by atoms with van der Waals surface area (Å²) >= 11 is 0. The van der Waals surface area contributed by atoms with E-state index in [1.54, 1.807) is 0 Å². The summed E-state index contributed by atoms with van der Waals surface area (Å²) in [6.07, 6.45) is -2.90. The van der Waals surface area contributed by atoms with Crippen LogP contribution in [0.25, 0.3) is 0 Å². The fourth-order valence-corrected chi connectivity index (χ4v) is 2.95. The number of amides is 1. The third-order valence-electron chi connectivity index (χ3n) is 4.33. The number of nitro benzene ring substituents is 1. The molecule has 1 atom stereocenters. The molecule has 1 amide bonds. The molecule has 118 valence electrons. The molecule has 8 heteroatoms. The van der Waals surface area contributed by atoms with Crippen LogP contribution in [-0.4, -0.2) is 21.8 Å². The average molecular weight is 314 g/mol. The summed E-state index contributed by atoms with van der Waals surface area (Å²) in [6, 6.07) is 1.37. The van der Waals surface area contributed by atoms with Crippen molar-refractivity contribution in [1.29, 1.82) is 0 Å². The maximum atomic E-state index is 13.2. The fourth-order valence-electron chi connectivity index (χ4n) is 2.95.